The molecule has 33 heavy (non-hydrogen) atoms. The van der Waals surface area contributed by atoms with Crippen molar-refractivity contribution in [2.45, 2.75) is 0 Å². The van der Waals surface area contributed by atoms with Crippen LogP contribution in [0.25, 0.3) is 21.0 Å². The van der Waals surface area contributed by atoms with Crippen molar-refractivity contribution < 1.29 is 9.53 Å². The van der Waals surface area contributed by atoms with Gasteiger partial charge >= 0.3 is 0 Å². The number of fused-ring (bicyclic) bond motifs is 2. The fourth-order valence-electron chi connectivity index (χ4n) is 4.19. The molecule has 1 saturated heterocycles. The molecule has 2 heterocycles. The first kappa shape index (κ1) is 21.9. The first-order valence-electron chi connectivity index (χ1n) is 11.0. The summed E-state index contributed by atoms with van der Waals surface area (Å²) in [4.78, 5) is 22.3. The Labute approximate surface area is 201 Å². The summed E-state index contributed by atoms with van der Waals surface area (Å²) in [5.74, 6) is 0.485. The number of halogens is 1. The predicted octanol–water partition coefficient (Wildman–Crippen LogP) is 4.66. The van der Waals surface area contributed by atoms with E-state index in [2.05, 4.69) is 21.2 Å². The number of para-hydroxylation sites is 1. The van der Waals surface area contributed by atoms with Crippen LogP contribution in [0.1, 0.15) is 10.4 Å². The number of nitrogens with one attached hydrogen (secondary N) is 1. The quantitative estimate of drug-likeness (QED) is 0.435. The largest absolute Gasteiger partial charge is 0.496 e. The maximum atomic E-state index is 12.8. The van der Waals surface area contributed by atoms with Crippen molar-refractivity contribution in [1.82, 2.24) is 15.2 Å². The van der Waals surface area contributed by atoms with Crippen LogP contribution in [0.3, 0.4) is 0 Å². The molecule has 170 valence electrons. The molecule has 6 nitrogen and oxygen atoms in total. The number of benzene rings is 3. The number of carbonyl (C=O) groups excluding carboxylic acids is 1. The molecule has 0 atom stereocenters. The number of ether oxygens (including phenoxy) is 1. The van der Waals surface area contributed by atoms with Gasteiger partial charge in [0, 0.05) is 39.3 Å². The van der Waals surface area contributed by atoms with Gasteiger partial charge in [-0.05, 0) is 35.0 Å². The second kappa shape index (κ2) is 9.55. The van der Waals surface area contributed by atoms with Gasteiger partial charge in [-0.1, -0.05) is 53.3 Å². The van der Waals surface area contributed by atoms with E-state index in [1.54, 1.807) is 18.4 Å². The van der Waals surface area contributed by atoms with Crippen molar-refractivity contribution in [2.24, 2.45) is 0 Å². The maximum Gasteiger partial charge on any atom is 0.255 e. The Morgan fingerprint density at radius 3 is 2.58 bits per heavy atom. The number of rotatable bonds is 6. The van der Waals surface area contributed by atoms with Gasteiger partial charge < -0.3 is 15.0 Å². The van der Waals surface area contributed by atoms with Crippen LogP contribution in [0, 0.1) is 0 Å². The summed E-state index contributed by atoms with van der Waals surface area (Å²) in [6, 6.07) is 17.7. The third-order valence-corrected chi connectivity index (χ3v) is 7.41. The number of thiazole rings is 1. The van der Waals surface area contributed by atoms with Gasteiger partial charge in [-0.15, -0.1) is 0 Å². The SMILES string of the molecule is COc1cc2ccccc2cc1C(=O)NCCN1CCN(c2nc3c(Cl)cccc3s2)CC1. The molecule has 0 saturated carbocycles. The Kier molecular flexibility index (Phi) is 6.35. The van der Waals surface area contributed by atoms with Crippen molar-refractivity contribution in [3.05, 3.63) is 65.2 Å². The number of anilines is 1. The van der Waals surface area contributed by atoms with E-state index >= 15 is 0 Å². The van der Waals surface area contributed by atoms with Crippen LogP contribution in [0.5, 0.6) is 5.75 Å². The van der Waals surface area contributed by atoms with E-state index in [9.17, 15) is 4.79 Å². The van der Waals surface area contributed by atoms with E-state index in [1.807, 2.05) is 48.5 Å². The standard InChI is InChI=1S/C25H25ClN4O2S/c1-32-21-16-18-6-3-2-5-17(18)15-19(21)24(31)27-9-10-29-11-13-30(14-12-29)25-28-23-20(26)7-4-8-22(23)33-25/h2-8,15-16H,9-14H2,1H3,(H,27,31). The van der Waals surface area contributed by atoms with Crippen molar-refractivity contribution in [3.8, 4) is 5.75 Å². The molecule has 1 aliphatic rings. The van der Waals surface area contributed by atoms with Crippen LogP contribution in [0.4, 0.5) is 5.13 Å². The molecule has 0 radical (unpaired) electrons. The first-order valence-corrected chi connectivity index (χ1v) is 12.2. The highest BCUT2D eigenvalue weighted by atomic mass is 35.5. The fourth-order valence-corrected chi connectivity index (χ4v) is 5.51. The van der Waals surface area contributed by atoms with Crippen LogP contribution in [0.15, 0.2) is 54.6 Å². The lowest BCUT2D eigenvalue weighted by atomic mass is 10.1. The van der Waals surface area contributed by atoms with Gasteiger partial charge in [-0.3, -0.25) is 9.69 Å². The summed E-state index contributed by atoms with van der Waals surface area (Å²) in [5, 5.41) is 6.86. The zero-order valence-electron chi connectivity index (χ0n) is 18.4. The van der Waals surface area contributed by atoms with Gasteiger partial charge in [-0.25, -0.2) is 4.98 Å². The van der Waals surface area contributed by atoms with Crippen molar-refractivity contribution in [1.29, 1.82) is 0 Å². The lowest BCUT2D eigenvalue weighted by Gasteiger charge is -2.34. The number of carbonyl (C=O) groups is 1. The van der Waals surface area contributed by atoms with Crippen LogP contribution < -0.4 is 15.0 Å². The minimum Gasteiger partial charge on any atom is -0.496 e. The average Bonchev–Trinajstić information content (AvgIpc) is 3.29. The molecule has 4 aromatic rings. The monoisotopic (exact) mass is 480 g/mol. The van der Waals surface area contributed by atoms with E-state index in [4.69, 9.17) is 21.3 Å². The molecule has 1 aromatic heterocycles. The molecule has 3 aromatic carbocycles. The molecule has 1 aliphatic heterocycles. The molecule has 0 unspecified atom stereocenters. The Bertz CT molecular complexity index is 1300. The number of piperazine rings is 1. The highest BCUT2D eigenvalue weighted by Crippen LogP contribution is 2.33. The Morgan fingerprint density at radius 1 is 1.09 bits per heavy atom. The molecule has 1 fully saturated rings. The summed E-state index contributed by atoms with van der Waals surface area (Å²) < 4.78 is 6.58. The maximum absolute atomic E-state index is 12.8. The predicted molar refractivity (Wildman–Crippen MR) is 136 cm³/mol. The number of hydrogen-bond acceptors (Lipinski definition) is 6. The second-order valence-corrected chi connectivity index (χ2v) is 9.48. The smallest absolute Gasteiger partial charge is 0.255 e. The molecular weight excluding hydrogens is 456 g/mol. The van der Waals surface area contributed by atoms with E-state index in [1.165, 1.54) is 0 Å². The van der Waals surface area contributed by atoms with Gasteiger partial charge in [0.05, 0.1) is 22.4 Å². The number of aromatic nitrogens is 1. The van der Waals surface area contributed by atoms with Crippen LogP contribution in [-0.4, -0.2) is 62.2 Å². The van der Waals surface area contributed by atoms with E-state index in [0.717, 1.165) is 58.8 Å². The van der Waals surface area contributed by atoms with Crippen LogP contribution in [-0.2, 0) is 0 Å². The van der Waals surface area contributed by atoms with Crippen LogP contribution >= 0.6 is 22.9 Å². The summed E-state index contributed by atoms with van der Waals surface area (Å²) in [7, 11) is 1.60. The number of methoxy groups -OCH3 is 1. The topological polar surface area (TPSA) is 57.7 Å². The molecule has 8 heteroatoms. The summed E-state index contributed by atoms with van der Waals surface area (Å²) in [5.41, 5.74) is 1.45. The second-order valence-electron chi connectivity index (χ2n) is 8.07. The summed E-state index contributed by atoms with van der Waals surface area (Å²) in [6.07, 6.45) is 0. The van der Waals surface area contributed by atoms with Gasteiger partial charge in [0.2, 0.25) is 0 Å². The number of amides is 1. The lowest BCUT2D eigenvalue weighted by Crippen LogP contribution is -2.48. The lowest BCUT2D eigenvalue weighted by molar-refractivity contribution is 0.0945. The summed E-state index contributed by atoms with van der Waals surface area (Å²) >= 11 is 7.97. The zero-order valence-corrected chi connectivity index (χ0v) is 20.0. The normalized spacial score (nSPS) is 14.7. The summed E-state index contributed by atoms with van der Waals surface area (Å²) in [6.45, 7) is 5.07. The Morgan fingerprint density at radius 2 is 1.85 bits per heavy atom. The van der Waals surface area contributed by atoms with E-state index < -0.39 is 0 Å². The average molecular weight is 481 g/mol. The third-order valence-electron chi connectivity index (χ3n) is 6.03. The highest BCUT2D eigenvalue weighted by Gasteiger charge is 2.21. The van der Waals surface area contributed by atoms with Crippen molar-refractivity contribution >= 4 is 55.0 Å². The number of hydrogen-bond donors (Lipinski definition) is 1. The molecule has 1 N–H and O–H groups in total. The Hall–Kier alpha value is -2.87. The molecule has 0 bridgehead atoms. The van der Waals surface area contributed by atoms with Gasteiger partial charge in [-0.2, -0.15) is 0 Å². The fraction of sp³-hybridized carbons (Fsp3) is 0.280. The third kappa shape index (κ3) is 4.62. The zero-order chi connectivity index (χ0) is 22.8. The van der Waals surface area contributed by atoms with Gasteiger partial charge in [0.1, 0.15) is 11.3 Å². The molecule has 1 amide bonds. The van der Waals surface area contributed by atoms with Crippen LogP contribution in [0.2, 0.25) is 5.02 Å². The molecular formula is C25H25ClN4O2S. The minimum absolute atomic E-state index is 0.109. The highest BCUT2D eigenvalue weighted by molar-refractivity contribution is 7.22. The van der Waals surface area contributed by atoms with Crippen molar-refractivity contribution in [2.75, 3.05) is 51.3 Å². The number of nitrogens with zero attached hydrogens (tertiary/aromatic N) is 3. The van der Waals surface area contributed by atoms with Crippen molar-refractivity contribution in [3.63, 3.8) is 0 Å². The van der Waals surface area contributed by atoms with Gasteiger partial charge in [0.25, 0.3) is 5.91 Å². The van der Waals surface area contributed by atoms with E-state index in [0.29, 0.717) is 22.9 Å². The molecule has 0 spiro atoms. The molecule has 5 rings (SSSR count). The van der Waals surface area contributed by atoms with E-state index in [-0.39, 0.29) is 5.91 Å². The minimum atomic E-state index is -0.109. The Balaban J connectivity index is 1.15. The molecule has 0 aliphatic carbocycles. The first-order chi connectivity index (χ1) is 16.1. The van der Waals surface area contributed by atoms with Gasteiger partial charge in [0.15, 0.2) is 5.13 Å².